The lowest BCUT2D eigenvalue weighted by molar-refractivity contribution is -0.165. The van der Waals surface area contributed by atoms with E-state index in [0.717, 1.165) is 33.6 Å². The fraction of sp³-hybridized carbons (Fsp3) is 0.125. The highest BCUT2D eigenvalue weighted by Gasteiger charge is 2.60. The molecule has 3 aliphatic heterocycles. The summed E-state index contributed by atoms with van der Waals surface area (Å²) in [4.78, 5) is 15.6. The van der Waals surface area contributed by atoms with Gasteiger partial charge in [-0.3, -0.25) is 4.79 Å². The van der Waals surface area contributed by atoms with Crippen molar-refractivity contribution < 1.29 is 9.53 Å². The zero-order valence-electron chi connectivity index (χ0n) is 15.3. The lowest BCUT2D eigenvalue weighted by Gasteiger charge is -2.53. The van der Waals surface area contributed by atoms with Gasteiger partial charge in [0.05, 0.1) is 5.69 Å². The van der Waals surface area contributed by atoms with Gasteiger partial charge in [0, 0.05) is 28.6 Å². The van der Waals surface area contributed by atoms with Crippen LogP contribution in [0.4, 0.5) is 11.4 Å². The zero-order valence-corrected chi connectivity index (χ0v) is 15.3. The Morgan fingerprint density at radius 3 is 2.39 bits per heavy atom. The van der Waals surface area contributed by atoms with Gasteiger partial charge in [-0.1, -0.05) is 60.7 Å². The molecule has 0 aromatic heterocycles. The van der Waals surface area contributed by atoms with Crippen molar-refractivity contribution in [2.75, 3.05) is 10.2 Å². The third kappa shape index (κ3) is 1.71. The lowest BCUT2D eigenvalue weighted by Crippen LogP contribution is -2.57. The third-order valence-electron chi connectivity index (χ3n) is 6.09. The monoisotopic (exact) mass is 366 g/mol. The number of nitrogens with one attached hydrogen (secondary N) is 1. The largest absolute Gasteiger partial charge is 0.325 e. The molecule has 6 rings (SSSR count). The van der Waals surface area contributed by atoms with Gasteiger partial charge >= 0.3 is 0 Å². The van der Waals surface area contributed by atoms with Gasteiger partial charge in [-0.25, -0.2) is 0 Å². The molecule has 3 heterocycles. The molecule has 0 bridgehead atoms. The normalized spacial score (nSPS) is 26.3. The summed E-state index contributed by atoms with van der Waals surface area (Å²) in [6, 6.07) is 24.0. The van der Waals surface area contributed by atoms with Gasteiger partial charge in [0.25, 0.3) is 5.91 Å². The molecule has 0 radical (unpaired) electrons. The number of hydrogen-bond donors (Lipinski definition) is 1. The van der Waals surface area contributed by atoms with Crippen LogP contribution < -0.4 is 10.2 Å². The minimum absolute atomic E-state index is 0.144. The van der Waals surface area contributed by atoms with Crippen LogP contribution in [0.15, 0.2) is 79.0 Å². The van der Waals surface area contributed by atoms with E-state index < -0.39 is 11.3 Å². The highest BCUT2D eigenvalue weighted by molar-refractivity contribution is 6.09. The fourth-order valence-corrected chi connectivity index (χ4v) is 4.84. The SMILES string of the molecule is C[C@]12OC3(C(=O)Nc4ccccc43)c3ccccc3N1C=Cc1ccccc12. The summed E-state index contributed by atoms with van der Waals surface area (Å²) in [5, 5.41) is 3.04. The number of fused-ring (bicyclic) bond motifs is 8. The summed E-state index contributed by atoms with van der Waals surface area (Å²) < 4.78 is 6.88. The molecule has 0 aliphatic carbocycles. The second kappa shape index (κ2) is 5.12. The summed E-state index contributed by atoms with van der Waals surface area (Å²) in [5.74, 6) is -0.144. The number of hydrogen-bond acceptors (Lipinski definition) is 3. The average molecular weight is 366 g/mol. The number of benzene rings is 3. The molecule has 0 saturated carbocycles. The minimum atomic E-state index is -1.18. The second-order valence-electron chi connectivity index (χ2n) is 7.56. The van der Waals surface area contributed by atoms with E-state index in [1.54, 1.807) is 0 Å². The van der Waals surface area contributed by atoms with Crippen LogP contribution in [0.25, 0.3) is 6.08 Å². The van der Waals surface area contributed by atoms with Crippen molar-refractivity contribution >= 4 is 23.4 Å². The number of nitrogens with zero attached hydrogens (tertiary/aromatic N) is 1. The summed E-state index contributed by atoms with van der Waals surface area (Å²) in [6.45, 7) is 2.04. The Hall–Kier alpha value is -3.37. The Balaban J connectivity index is 1.71. The van der Waals surface area contributed by atoms with Gasteiger partial charge in [0.2, 0.25) is 5.60 Å². The Morgan fingerprint density at radius 1 is 0.857 bits per heavy atom. The highest BCUT2D eigenvalue weighted by atomic mass is 16.6. The minimum Gasteiger partial charge on any atom is -0.325 e. The Bertz CT molecular complexity index is 1180. The van der Waals surface area contributed by atoms with Crippen LogP contribution >= 0.6 is 0 Å². The molecule has 3 aromatic carbocycles. The van der Waals surface area contributed by atoms with Crippen molar-refractivity contribution in [1.29, 1.82) is 0 Å². The summed E-state index contributed by atoms with van der Waals surface area (Å²) in [6.07, 6.45) is 4.14. The van der Waals surface area contributed by atoms with Crippen molar-refractivity contribution in [1.82, 2.24) is 0 Å². The fourth-order valence-electron chi connectivity index (χ4n) is 4.84. The van der Waals surface area contributed by atoms with Gasteiger partial charge in [-0.15, -0.1) is 0 Å². The molecule has 136 valence electrons. The van der Waals surface area contributed by atoms with Crippen molar-refractivity contribution in [2.24, 2.45) is 0 Å². The quantitative estimate of drug-likeness (QED) is 0.633. The van der Waals surface area contributed by atoms with Gasteiger partial charge in [0.1, 0.15) is 0 Å². The first-order chi connectivity index (χ1) is 13.6. The van der Waals surface area contributed by atoms with Gasteiger partial charge < -0.3 is 15.0 Å². The summed E-state index contributed by atoms with van der Waals surface area (Å²) in [7, 11) is 0. The number of para-hydroxylation sites is 2. The van der Waals surface area contributed by atoms with Crippen molar-refractivity contribution in [2.45, 2.75) is 18.2 Å². The molecule has 2 atom stereocenters. The number of rotatable bonds is 0. The number of anilines is 2. The molecule has 3 aromatic rings. The van der Waals surface area contributed by atoms with E-state index in [4.69, 9.17) is 4.74 Å². The molecular formula is C24H18N2O2. The second-order valence-corrected chi connectivity index (χ2v) is 7.56. The van der Waals surface area contributed by atoms with Gasteiger partial charge in [0.15, 0.2) is 5.72 Å². The van der Waals surface area contributed by atoms with Gasteiger partial charge in [-0.2, -0.15) is 0 Å². The maximum atomic E-state index is 13.4. The Morgan fingerprint density at radius 2 is 1.54 bits per heavy atom. The molecular weight excluding hydrogens is 348 g/mol. The van der Waals surface area contributed by atoms with E-state index in [-0.39, 0.29) is 5.91 Å². The van der Waals surface area contributed by atoms with Crippen LogP contribution in [0.5, 0.6) is 0 Å². The molecule has 1 spiro atoms. The Labute approximate surface area is 163 Å². The number of carbonyl (C=O) groups excluding carboxylic acids is 1. The predicted molar refractivity (Wildman–Crippen MR) is 109 cm³/mol. The van der Waals surface area contributed by atoms with E-state index in [9.17, 15) is 4.79 Å². The van der Waals surface area contributed by atoms with E-state index >= 15 is 0 Å². The van der Waals surface area contributed by atoms with Crippen LogP contribution in [-0.4, -0.2) is 5.91 Å². The molecule has 4 heteroatoms. The molecule has 3 aliphatic rings. The molecule has 1 N–H and O–H groups in total. The van der Waals surface area contributed by atoms with E-state index in [0.29, 0.717) is 0 Å². The number of ether oxygens (including phenoxy) is 1. The van der Waals surface area contributed by atoms with Crippen molar-refractivity contribution in [3.05, 3.63) is 101 Å². The average Bonchev–Trinajstić information content (AvgIpc) is 3.00. The number of carbonyl (C=O) groups is 1. The molecule has 1 unspecified atom stereocenters. The first kappa shape index (κ1) is 15.7. The number of amides is 1. The van der Waals surface area contributed by atoms with E-state index in [1.807, 2.05) is 67.7 Å². The molecule has 0 fully saturated rings. The lowest BCUT2D eigenvalue weighted by atomic mass is 9.81. The first-order valence-electron chi connectivity index (χ1n) is 9.42. The van der Waals surface area contributed by atoms with Crippen LogP contribution in [0.1, 0.15) is 29.2 Å². The van der Waals surface area contributed by atoms with E-state index in [1.165, 1.54) is 0 Å². The summed E-state index contributed by atoms with van der Waals surface area (Å²) in [5.41, 5.74) is 3.66. The summed E-state index contributed by atoms with van der Waals surface area (Å²) >= 11 is 0. The first-order valence-corrected chi connectivity index (χ1v) is 9.42. The zero-order chi connectivity index (χ0) is 18.9. The highest BCUT2D eigenvalue weighted by Crippen LogP contribution is 2.57. The van der Waals surface area contributed by atoms with Crippen LogP contribution in [-0.2, 0) is 20.9 Å². The van der Waals surface area contributed by atoms with Crippen molar-refractivity contribution in [3.8, 4) is 0 Å². The molecule has 0 saturated heterocycles. The maximum absolute atomic E-state index is 13.4. The Kier molecular flexibility index (Phi) is 2.86. The van der Waals surface area contributed by atoms with Crippen LogP contribution in [0.3, 0.4) is 0 Å². The van der Waals surface area contributed by atoms with Crippen molar-refractivity contribution in [3.63, 3.8) is 0 Å². The standard InChI is InChI=1S/C24H18N2O2/c1-23-17-9-3-2-8-16(17)14-15-26(23)21-13-7-5-11-19(21)24(28-23)18-10-4-6-12-20(18)25-22(24)27/h2-15H,1H3,(H,25,27)/t23-,24?/m1/s1. The molecule has 28 heavy (non-hydrogen) atoms. The molecule has 4 nitrogen and oxygen atoms in total. The predicted octanol–water partition coefficient (Wildman–Crippen LogP) is 4.58. The van der Waals surface area contributed by atoms with Gasteiger partial charge in [-0.05, 0) is 30.7 Å². The van der Waals surface area contributed by atoms with E-state index in [2.05, 4.69) is 34.5 Å². The molecule has 1 amide bonds. The third-order valence-corrected chi connectivity index (χ3v) is 6.09. The topological polar surface area (TPSA) is 41.6 Å². The smallest absolute Gasteiger partial charge is 0.266 e. The van der Waals surface area contributed by atoms with Crippen LogP contribution in [0, 0.1) is 0 Å². The van der Waals surface area contributed by atoms with Crippen LogP contribution in [0.2, 0.25) is 0 Å². The maximum Gasteiger partial charge on any atom is 0.266 e.